The van der Waals surface area contributed by atoms with E-state index in [0.29, 0.717) is 6.54 Å². The number of thiazole rings is 1. The highest BCUT2D eigenvalue weighted by molar-refractivity contribution is 7.07. The predicted octanol–water partition coefficient (Wildman–Crippen LogP) is 4.02. The fourth-order valence-electron chi connectivity index (χ4n) is 2.52. The van der Waals surface area contributed by atoms with Crippen LogP contribution in [0, 0.1) is 0 Å². The largest absolute Gasteiger partial charge is 0.497 e. The van der Waals surface area contributed by atoms with E-state index in [1.54, 1.807) is 20.5 Å². The average molecular weight is 371 g/mol. The Bertz CT molecular complexity index is 968. The molecule has 26 heavy (non-hydrogen) atoms. The number of furan rings is 1. The molecule has 0 saturated carbocycles. The van der Waals surface area contributed by atoms with Crippen LogP contribution in [0.25, 0.3) is 11.3 Å². The molecule has 136 valence electrons. The van der Waals surface area contributed by atoms with Crippen LogP contribution in [0.1, 0.15) is 19.6 Å². The highest BCUT2D eigenvalue weighted by atomic mass is 32.1. The highest BCUT2D eigenvalue weighted by Crippen LogP contribution is 2.33. The van der Waals surface area contributed by atoms with Crippen LogP contribution >= 0.6 is 11.3 Å². The van der Waals surface area contributed by atoms with Crippen LogP contribution in [0.4, 0.5) is 0 Å². The maximum Gasteiger partial charge on any atom is 0.206 e. The van der Waals surface area contributed by atoms with E-state index >= 15 is 0 Å². The molecule has 3 aromatic rings. The fourth-order valence-corrected chi connectivity index (χ4v) is 3.41. The minimum absolute atomic E-state index is 0.671. The summed E-state index contributed by atoms with van der Waals surface area (Å²) in [6.45, 7) is 4.58. The lowest BCUT2D eigenvalue weighted by Crippen LogP contribution is -2.14. The van der Waals surface area contributed by atoms with Gasteiger partial charge in [0.1, 0.15) is 23.0 Å². The first-order valence-electron chi connectivity index (χ1n) is 8.20. The normalized spacial score (nSPS) is 12.5. The quantitative estimate of drug-likeness (QED) is 0.615. The van der Waals surface area contributed by atoms with Crippen LogP contribution < -0.4 is 14.3 Å². The standard InChI is InChI=1S/C19H21N3O3S/c1-5-20-19-22(21-13(2)17-7-6-10-25-17)16(12-26-19)15-11-14(23-3)8-9-18(15)24-4/h6-12H,5H2,1-4H3/b20-19?,21-13-. The maximum atomic E-state index is 5.54. The lowest BCUT2D eigenvalue weighted by Gasteiger charge is -2.11. The molecule has 0 radical (unpaired) electrons. The van der Waals surface area contributed by atoms with Gasteiger partial charge in [-0.3, -0.25) is 4.99 Å². The van der Waals surface area contributed by atoms with Crippen molar-refractivity contribution in [2.75, 3.05) is 20.8 Å². The molecule has 3 rings (SSSR count). The summed E-state index contributed by atoms with van der Waals surface area (Å²) in [5.41, 5.74) is 2.52. The van der Waals surface area contributed by atoms with Crippen molar-refractivity contribution in [3.63, 3.8) is 0 Å². The molecule has 0 aliphatic carbocycles. The summed E-state index contributed by atoms with van der Waals surface area (Å²) in [5.74, 6) is 2.21. The second-order valence-corrected chi connectivity index (χ2v) is 6.26. The molecule has 0 atom stereocenters. The number of methoxy groups -OCH3 is 2. The number of hydrogen-bond acceptors (Lipinski definition) is 6. The van der Waals surface area contributed by atoms with E-state index in [2.05, 4.69) is 4.99 Å². The van der Waals surface area contributed by atoms with Crippen molar-refractivity contribution >= 4 is 17.0 Å². The van der Waals surface area contributed by atoms with E-state index < -0.39 is 0 Å². The molecule has 6 nitrogen and oxygen atoms in total. The molecule has 0 aliphatic rings. The average Bonchev–Trinajstić information content (AvgIpc) is 3.32. The molecule has 0 N–H and O–H groups in total. The lowest BCUT2D eigenvalue weighted by atomic mass is 10.1. The van der Waals surface area contributed by atoms with Crippen molar-refractivity contribution < 1.29 is 13.9 Å². The van der Waals surface area contributed by atoms with E-state index in [-0.39, 0.29) is 0 Å². The van der Waals surface area contributed by atoms with Crippen molar-refractivity contribution in [3.8, 4) is 22.8 Å². The van der Waals surface area contributed by atoms with Gasteiger partial charge in [-0.05, 0) is 44.2 Å². The topological polar surface area (TPSA) is 61.2 Å². The van der Waals surface area contributed by atoms with Crippen molar-refractivity contribution in [3.05, 3.63) is 52.5 Å². The summed E-state index contributed by atoms with van der Waals surface area (Å²) in [7, 11) is 3.29. The number of benzene rings is 1. The molecule has 0 bridgehead atoms. The number of aromatic nitrogens is 1. The van der Waals surface area contributed by atoms with Crippen LogP contribution in [0.2, 0.25) is 0 Å². The zero-order valence-electron chi connectivity index (χ0n) is 15.2. The highest BCUT2D eigenvalue weighted by Gasteiger charge is 2.15. The van der Waals surface area contributed by atoms with Gasteiger partial charge in [0.15, 0.2) is 0 Å². The summed E-state index contributed by atoms with van der Waals surface area (Å²) in [6.07, 6.45) is 1.63. The summed E-state index contributed by atoms with van der Waals surface area (Å²) in [6, 6.07) is 9.42. The van der Waals surface area contributed by atoms with Crippen molar-refractivity contribution in [1.29, 1.82) is 0 Å². The SMILES string of the molecule is CCN=c1scc(-c2cc(OC)ccc2OC)n1/N=C(/C)c1ccco1. The Hall–Kier alpha value is -2.80. The second kappa shape index (κ2) is 8.05. The number of rotatable bonds is 6. The maximum absolute atomic E-state index is 5.54. The zero-order valence-corrected chi connectivity index (χ0v) is 16.0. The third-order valence-corrected chi connectivity index (χ3v) is 4.64. The fraction of sp³-hybridized carbons (Fsp3) is 0.263. The number of hydrogen-bond donors (Lipinski definition) is 0. The Balaban J connectivity index is 2.21. The second-order valence-electron chi connectivity index (χ2n) is 5.42. The van der Waals surface area contributed by atoms with Gasteiger partial charge in [0, 0.05) is 17.5 Å². The van der Waals surface area contributed by atoms with Gasteiger partial charge < -0.3 is 13.9 Å². The third-order valence-electron chi connectivity index (χ3n) is 3.79. The molecule has 2 heterocycles. The van der Waals surface area contributed by atoms with Gasteiger partial charge in [0.2, 0.25) is 4.80 Å². The van der Waals surface area contributed by atoms with Crippen LogP contribution in [0.3, 0.4) is 0 Å². The Labute approximate surface area is 156 Å². The Morgan fingerprint density at radius 2 is 2.08 bits per heavy atom. The van der Waals surface area contributed by atoms with Gasteiger partial charge >= 0.3 is 0 Å². The first-order chi connectivity index (χ1) is 12.7. The zero-order chi connectivity index (χ0) is 18.5. The first kappa shape index (κ1) is 18.0. The van der Waals surface area contributed by atoms with Gasteiger partial charge in [0.25, 0.3) is 0 Å². The van der Waals surface area contributed by atoms with Gasteiger partial charge in [-0.25, -0.2) is 4.68 Å². The van der Waals surface area contributed by atoms with Gasteiger partial charge in [0.05, 0.1) is 26.2 Å². The van der Waals surface area contributed by atoms with Crippen molar-refractivity contribution in [1.82, 2.24) is 4.68 Å². The smallest absolute Gasteiger partial charge is 0.206 e. The summed E-state index contributed by atoms with van der Waals surface area (Å²) in [5, 5.41) is 6.77. The van der Waals surface area contributed by atoms with E-state index in [4.69, 9.17) is 19.0 Å². The number of nitrogens with zero attached hydrogens (tertiary/aromatic N) is 3. The van der Waals surface area contributed by atoms with E-state index in [0.717, 1.165) is 39.0 Å². The van der Waals surface area contributed by atoms with E-state index in [1.807, 2.05) is 54.2 Å². The molecule has 1 aromatic carbocycles. The lowest BCUT2D eigenvalue weighted by molar-refractivity contribution is 0.404. The Morgan fingerprint density at radius 1 is 1.23 bits per heavy atom. The summed E-state index contributed by atoms with van der Waals surface area (Å²) >= 11 is 1.53. The van der Waals surface area contributed by atoms with Gasteiger partial charge in [-0.15, -0.1) is 11.3 Å². The minimum Gasteiger partial charge on any atom is -0.497 e. The molecule has 0 unspecified atom stereocenters. The Kier molecular flexibility index (Phi) is 5.58. The molecule has 0 saturated heterocycles. The van der Waals surface area contributed by atoms with Crippen molar-refractivity contribution in [2.45, 2.75) is 13.8 Å². The predicted molar refractivity (Wildman–Crippen MR) is 103 cm³/mol. The minimum atomic E-state index is 0.671. The molecule has 0 amide bonds. The van der Waals surface area contributed by atoms with E-state index in [1.165, 1.54) is 11.3 Å². The number of ether oxygens (including phenoxy) is 2. The van der Waals surface area contributed by atoms with Crippen molar-refractivity contribution in [2.24, 2.45) is 10.1 Å². The molecule has 0 fully saturated rings. The molecule has 0 spiro atoms. The van der Waals surface area contributed by atoms with E-state index in [9.17, 15) is 0 Å². The van der Waals surface area contributed by atoms with Gasteiger partial charge in [-0.2, -0.15) is 5.10 Å². The third kappa shape index (κ3) is 3.57. The van der Waals surface area contributed by atoms with Crippen LogP contribution in [-0.2, 0) is 0 Å². The van der Waals surface area contributed by atoms with Crippen LogP contribution in [0.5, 0.6) is 11.5 Å². The molecular formula is C19H21N3O3S. The summed E-state index contributed by atoms with van der Waals surface area (Å²) < 4.78 is 18.2. The van der Waals surface area contributed by atoms with Gasteiger partial charge in [-0.1, -0.05) is 0 Å². The molecule has 2 aromatic heterocycles. The Morgan fingerprint density at radius 3 is 2.73 bits per heavy atom. The first-order valence-corrected chi connectivity index (χ1v) is 9.08. The molecule has 0 aliphatic heterocycles. The summed E-state index contributed by atoms with van der Waals surface area (Å²) in [4.78, 5) is 5.36. The van der Waals surface area contributed by atoms with Crippen LogP contribution in [0.15, 0.2) is 56.5 Å². The monoisotopic (exact) mass is 371 g/mol. The van der Waals surface area contributed by atoms with Crippen LogP contribution in [-0.4, -0.2) is 31.2 Å². The molecule has 7 heteroatoms. The molecular weight excluding hydrogens is 350 g/mol.